The Morgan fingerprint density at radius 1 is 0.757 bits per heavy atom. The van der Waals surface area contributed by atoms with Crippen LogP contribution in [0.4, 0.5) is 0 Å². The number of primary amides is 3. The van der Waals surface area contributed by atoms with Gasteiger partial charge in [0.05, 0.1) is 5.56 Å². The van der Waals surface area contributed by atoms with Crippen LogP contribution in [0, 0.1) is 0 Å². The van der Waals surface area contributed by atoms with Crippen molar-refractivity contribution in [3.63, 3.8) is 0 Å². The molecule has 6 N–H and O–H groups in total. The third kappa shape index (κ3) is 5.45. The first kappa shape index (κ1) is 25.7. The molecule has 0 unspecified atom stereocenters. The summed E-state index contributed by atoms with van der Waals surface area (Å²) in [7, 11) is 2.89. The zero-order chi connectivity index (χ0) is 27.3. The summed E-state index contributed by atoms with van der Waals surface area (Å²) in [5.41, 5.74) is 14.6. The molecule has 0 saturated carbocycles. The fraction of sp³-hybridized carbons (Fsp3) is 0.111. The molecule has 37 heavy (non-hydrogen) atoms. The molecule has 0 aliphatic carbocycles. The Kier molecular flexibility index (Phi) is 7.36. The normalized spacial score (nSPS) is 10.2. The first-order chi connectivity index (χ1) is 17.5. The zero-order valence-electron chi connectivity index (χ0n) is 19.2. The van der Waals surface area contributed by atoms with E-state index < -0.39 is 29.1 Å². The van der Waals surface area contributed by atoms with Gasteiger partial charge in [-0.05, 0) is 12.1 Å². The Balaban J connectivity index is 0.000000159. The second-order valence-corrected chi connectivity index (χ2v) is 6.90. The van der Waals surface area contributed by atoms with Crippen LogP contribution in [-0.2, 0) is 14.1 Å². The molecule has 0 radical (unpaired) electrons. The average molecular weight is 510 g/mol. The summed E-state index contributed by atoms with van der Waals surface area (Å²) in [5, 5.41) is 14.3. The van der Waals surface area contributed by atoms with Crippen LogP contribution in [0.2, 0.25) is 0 Å². The van der Waals surface area contributed by atoms with E-state index in [0.717, 1.165) is 18.2 Å². The molecular formula is C18H18N14O5. The summed E-state index contributed by atoms with van der Waals surface area (Å²) in [6.07, 6.45) is 5.40. The molecule has 0 bridgehead atoms. The van der Waals surface area contributed by atoms with Gasteiger partial charge in [-0.25, -0.2) is 28.4 Å². The predicted molar refractivity (Wildman–Crippen MR) is 122 cm³/mol. The molecule has 0 aromatic carbocycles. The van der Waals surface area contributed by atoms with Gasteiger partial charge in [0.2, 0.25) is 5.91 Å². The van der Waals surface area contributed by atoms with Crippen molar-refractivity contribution >= 4 is 29.0 Å². The van der Waals surface area contributed by atoms with E-state index in [4.69, 9.17) is 17.2 Å². The van der Waals surface area contributed by atoms with Gasteiger partial charge in [-0.1, -0.05) is 10.4 Å². The summed E-state index contributed by atoms with van der Waals surface area (Å²) in [4.78, 5) is 65.9. The highest BCUT2D eigenvalue weighted by molar-refractivity contribution is 5.97. The molecule has 5 aromatic heterocycles. The van der Waals surface area contributed by atoms with Crippen LogP contribution in [0.5, 0.6) is 0 Å². The van der Waals surface area contributed by atoms with E-state index in [1.165, 1.54) is 32.9 Å². The van der Waals surface area contributed by atoms with Crippen molar-refractivity contribution in [2.45, 2.75) is 0 Å². The molecular weight excluding hydrogens is 492 g/mol. The van der Waals surface area contributed by atoms with Crippen LogP contribution >= 0.6 is 0 Å². The fourth-order valence-electron chi connectivity index (χ4n) is 2.62. The fourth-order valence-corrected chi connectivity index (χ4v) is 2.62. The Morgan fingerprint density at radius 2 is 1.22 bits per heavy atom. The van der Waals surface area contributed by atoms with Crippen molar-refractivity contribution in [3.05, 3.63) is 75.1 Å². The number of rotatable bonds is 3. The van der Waals surface area contributed by atoms with Crippen molar-refractivity contribution in [2.75, 3.05) is 0 Å². The van der Waals surface area contributed by atoms with Crippen molar-refractivity contribution in [1.82, 2.24) is 53.7 Å². The first-order valence-corrected chi connectivity index (χ1v) is 9.86. The van der Waals surface area contributed by atoms with Crippen molar-refractivity contribution in [3.8, 4) is 0 Å². The average Bonchev–Trinajstić information content (AvgIpc) is 3.51. The minimum Gasteiger partial charge on any atom is -0.366 e. The SMILES string of the molecule is Cn1nnc2c(C(N)=O)ncn2c1=O.Cn1nnc2c(C(N)=O)ncn2c1=O.NC(=O)c1cccnc1. The third-order valence-corrected chi connectivity index (χ3v) is 4.41. The molecule has 5 aromatic rings. The van der Waals surface area contributed by atoms with E-state index in [-0.39, 0.29) is 22.7 Å². The molecule has 19 heteroatoms. The molecule has 190 valence electrons. The lowest BCUT2D eigenvalue weighted by atomic mass is 10.3. The number of carbonyl (C=O) groups excluding carboxylic acids is 3. The Labute approximate surface area is 204 Å². The molecule has 0 spiro atoms. The summed E-state index contributed by atoms with van der Waals surface area (Å²) in [5.74, 6) is -1.92. The number of aromatic nitrogens is 11. The molecule has 19 nitrogen and oxygen atoms in total. The zero-order valence-corrected chi connectivity index (χ0v) is 19.2. The van der Waals surface area contributed by atoms with E-state index >= 15 is 0 Å². The van der Waals surface area contributed by atoms with Gasteiger partial charge < -0.3 is 17.2 Å². The molecule has 5 heterocycles. The van der Waals surface area contributed by atoms with E-state index in [1.807, 2.05) is 0 Å². The Morgan fingerprint density at radius 3 is 1.54 bits per heavy atom. The maximum absolute atomic E-state index is 11.4. The highest BCUT2D eigenvalue weighted by atomic mass is 16.2. The molecule has 3 amide bonds. The van der Waals surface area contributed by atoms with Crippen LogP contribution in [0.15, 0.2) is 46.8 Å². The second kappa shape index (κ2) is 10.6. The lowest BCUT2D eigenvalue weighted by Crippen LogP contribution is -2.27. The van der Waals surface area contributed by atoms with Crippen molar-refractivity contribution in [1.29, 1.82) is 0 Å². The van der Waals surface area contributed by atoms with Crippen LogP contribution in [0.25, 0.3) is 11.3 Å². The molecule has 0 fully saturated rings. The number of nitrogens with zero attached hydrogens (tertiary/aromatic N) is 11. The summed E-state index contributed by atoms with van der Waals surface area (Å²) in [6, 6.07) is 3.29. The predicted octanol–water partition coefficient (Wildman–Crippen LogP) is -3.98. The Bertz CT molecular complexity index is 1630. The summed E-state index contributed by atoms with van der Waals surface area (Å²) in [6.45, 7) is 0. The minimum absolute atomic E-state index is 0.0600. The quantitative estimate of drug-likeness (QED) is 0.209. The highest BCUT2D eigenvalue weighted by Gasteiger charge is 2.14. The second-order valence-electron chi connectivity index (χ2n) is 6.90. The smallest absolute Gasteiger partial charge is 0.352 e. The maximum atomic E-state index is 11.4. The van der Waals surface area contributed by atoms with E-state index in [0.29, 0.717) is 5.56 Å². The topological polar surface area (TPSA) is 272 Å². The lowest BCUT2D eigenvalue weighted by molar-refractivity contribution is 0.0989. The monoisotopic (exact) mass is 510 g/mol. The van der Waals surface area contributed by atoms with E-state index in [9.17, 15) is 24.0 Å². The standard InChI is InChI=1S/2C6H6N6O2.C6H6N2O/c2*1-11-6(14)12-2-8-3(4(7)13)5(12)9-10-11;7-6(9)5-2-1-3-8-4-5/h2*2H,1H3,(H2,7,13);1-4H,(H2,7,9). The van der Waals surface area contributed by atoms with Crippen LogP contribution in [0.3, 0.4) is 0 Å². The summed E-state index contributed by atoms with van der Waals surface area (Å²) >= 11 is 0. The Hall–Kier alpha value is -5.88. The maximum Gasteiger partial charge on any atom is 0.352 e. The number of hydrogen-bond donors (Lipinski definition) is 3. The van der Waals surface area contributed by atoms with Gasteiger partial charge in [-0.2, -0.15) is 9.36 Å². The number of aryl methyl sites for hydroxylation is 2. The number of imidazole rings is 2. The van der Waals surface area contributed by atoms with Crippen LogP contribution < -0.4 is 28.6 Å². The van der Waals surface area contributed by atoms with Gasteiger partial charge >= 0.3 is 11.4 Å². The highest BCUT2D eigenvalue weighted by Crippen LogP contribution is 2.01. The van der Waals surface area contributed by atoms with Crippen molar-refractivity contribution < 1.29 is 14.4 Å². The number of nitrogens with two attached hydrogens (primary N) is 3. The van der Waals surface area contributed by atoms with Gasteiger partial charge in [0.25, 0.3) is 11.8 Å². The first-order valence-electron chi connectivity index (χ1n) is 9.86. The lowest BCUT2D eigenvalue weighted by Gasteiger charge is -1.95. The van der Waals surface area contributed by atoms with Gasteiger partial charge in [0, 0.05) is 26.5 Å². The van der Waals surface area contributed by atoms with E-state index in [1.54, 1.807) is 18.3 Å². The van der Waals surface area contributed by atoms with Gasteiger partial charge in [0.15, 0.2) is 22.7 Å². The molecule has 0 atom stereocenters. The van der Waals surface area contributed by atoms with Gasteiger partial charge in [-0.3, -0.25) is 19.4 Å². The third-order valence-electron chi connectivity index (χ3n) is 4.41. The van der Waals surface area contributed by atoms with Gasteiger partial charge in [-0.15, -0.1) is 10.2 Å². The van der Waals surface area contributed by atoms with Crippen molar-refractivity contribution in [2.24, 2.45) is 31.3 Å². The minimum atomic E-state index is -0.741. The molecule has 0 aliphatic rings. The molecule has 0 saturated heterocycles. The molecule has 0 aliphatic heterocycles. The number of carbonyl (C=O) groups is 3. The number of pyridine rings is 1. The number of hydrogen-bond acceptors (Lipinski definition) is 12. The number of amides is 3. The largest absolute Gasteiger partial charge is 0.366 e. The molecule has 5 rings (SSSR count). The van der Waals surface area contributed by atoms with Crippen LogP contribution in [-0.4, -0.2) is 71.5 Å². The number of fused-ring (bicyclic) bond motifs is 2. The van der Waals surface area contributed by atoms with Crippen LogP contribution in [0.1, 0.15) is 31.3 Å². The van der Waals surface area contributed by atoms with Gasteiger partial charge in [0.1, 0.15) is 12.7 Å². The van der Waals surface area contributed by atoms with E-state index in [2.05, 4.69) is 35.6 Å². The summed E-state index contributed by atoms with van der Waals surface area (Å²) < 4.78 is 4.26.